The van der Waals surface area contributed by atoms with E-state index in [9.17, 15) is 4.39 Å². The molecule has 0 aliphatic rings. The zero-order valence-corrected chi connectivity index (χ0v) is 11.7. The van der Waals surface area contributed by atoms with Gasteiger partial charge in [0.05, 0.1) is 22.6 Å². The molecular weight excluding hydrogens is 277 g/mol. The molecule has 0 unspecified atom stereocenters. The number of nitrogens with zero attached hydrogens (tertiary/aromatic N) is 2. The highest BCUT2D eigenvalue weighted by Crippen LogP contribution is 2.25. The predicted molar refractivity (Wildman–Crippen MR) is 79.4 cm³/mol. The Morgan fingerprint density at radius 1 is 1.30 bits per heavy atom. The van der Waals surface area contributed by atoms with Crippen LogP contribution in [0.3, 0.4) is 0 Å². The zero-order chi connectivity index (χ0) is 14.3. The third-order valence-corrected chi connectivity index (χ3v) is 3.53. The second-order valence-electron chi connectivity index (χ2n) is 4.80. The van der Waals surface area contributed by atoms with Crippen LogP contribution < -0.4 is 5.73 Å². The highest BCUT2D eigenvalue weighted by Gasteiger charge is 2.12. The quantitative estimate of drug-likeness (QED) is 0.780. The van der Waals surface area contributed by atoms with Crippen LogP contribution in [0.15, 0.2) is 36.4 Å². The number of imidazole rings is 1. The van der Waals surface area contributed by atoms with E-state index in [2.05, 4.69) is 11.1 Å². The summed E-state index contributed by atoms with van der Waals surface area (Å²) in [5.41, 5.74) is 9.42. The number of hydrogen-bond acceptors (Lipinski definition) is 2. The van der Waals surface area contributed by atoms with E-state index in [0.717, 1.165) is 5.56 Å². The molecule has 0 fully saturated rings. The molecule has 20 heavy (non-hydrogen) atoms. The summed E-state index contributed by atoms with van der Waals surface area (Å²) < 4.78 is 15.4. The first-order valence-corrected chi connectivity index (χ1v) is 6.58. The van der Waals surface area contributed by atoms with Crippen molar-refractivity contribution in [2.75, 3.05) is 5.73 Å². The van der Waals surface area contributed by atoms with E-state index in [1.165, 1.54) is 17.7 Å². The van der Waals surface area contributed by atoms with Gasteiger partial charge in [0.2, 0.25) is 5.95 Å². The number of halogens is 2. The number of hydrogen-bond donors (Lipinski definition) is 1. The lowest BCUT2D eigenvalue weighted by Crippen LogP contribution is -2.04. The summed E-state index contributed by atoms with van der Waals surface area (Å²) in [4.78, 5) is 4.22. The fourth-order valence-electron chi connectivity index (χ4n) is 2.30. The van der Waals surface area contributed by atoms with Crippen LogP contribution in [0.25, 0.3) is 11.0 Å². The Morgan fingerprint density at radius 2 is 2.10 bits per heavy atom. The van der Waals surface area contributed by atoms with Crippen LogP contribution in [0.1, 0.15) is 11.1 Å². The van der Waals surface area contributed by atoms with E-state index < -0.39 is 5.82 Å². The van der Waals surface area contributed by atoms with Crippen LogP contribution in [0.5, 0.6) is 0 Å². The largest absolute Gasteiger partial charge is 0.369 e. The lowest BCUT2D eigenvalue weighted by molar-refractivity contribution is 0.629. The van der Waals surface area contributed by atoms with Crippen molar-refractivity contribution in [2.24, 2.45) is 0 Å². The van der Waals surface area contributed by atoms with Crippen LogP contribution in [0.2, 0.25) is 5.02 Å². The third kappa shape index (κ3) is 2.23. The van der Waals surface area contributed by atoms with Gasteiger partial charge in [-0.15, -0.1) is 0 Å². The monoisotopic (exact) mass is 289 g/mol. The van der Waals surface area contributed by atoms with Gasteiger partial charge < -0.3 is 10.3 Å². The van der Waals surface area contributed by atoms with Crippen molar-refractivity contribution in [1.82, 2.24) is 9.55 Å². The first-order chi connectivity index (χ1) is 9.54. The lowest BCUT2D eigenvalue weighted by atomic mass is 10.1. The molecule has 2 N–H and O–H groups in total. The topological polar surface area (TPSA) is 43.8 Å². The summed E-state index contributed by atoms with van der Waals surface area (Å²) in [5.74, 6) is -0.118. The highest BCUT2D eigenvalue weighted by molar-refractivity contribution is 6.31. The fourth-order valence-corrected chi connectivity index (χ4v) is 2.46. The Balaban J connectivity index is 2.11. The van der Waals surface area contributed by atoms with Crippen molar-refractivity contribution in [2.45, 2.75) is 13.5 Å². The molecule has 0 bridgehead atoms. The minimum Gasteiger partial charge on any atom is -0.369 e. The molecule has 2 aromatic carbocycles. The van der Waals surface area contributed by atoms with Gasteiger partial charge in [-0.25, -0.2) is 9.37 Å². The Labute approximate surface area is 120 Å². The molecule has 102 valence electrons. The molecule has 0 aliphatic carbocycles. The van der Waals surface area contributed by atoms with E-state index in [1.54, 1.807) is 4.57 Å². The molecule has 0 atom stereocenters. The minimum atomic E-state index is -0.468. The SMILES string of the molecule is Cc1cccc(Cn2c(N)nc3cc(Cl)c(F)cc32)c1. The van der Waals surface area contributed by atoms with Crippen LogP contribution in [0.4, 0.5) is 10.3 Å². The van der Waals surface area contributed by atoms with Gasteiger partial charge in [0.25, 0.3) is 0 Å². The molecule has 0 spiro atoms. The van der Waals surface area contributed by atoms with Crippen molar-refractivity contribution in [3.63, 3.8) is 0 Å². The Morgan fingerprint density at radius 3 is 2.85 bits per heavy atom. The number of nitrogen functional groups attached to an aromatic ring is 1. The Kier molecular flexibility index (Phi) is 3.10. The summed E-state index contributed by atoms with van der Waals surface area (Å²) in [6.07, 6.45) is 0. The third-order valence-electron chi connectivity index (χ3n) is 3.24. The van der Waals surface area contributed by atoms with Gasteiger partial charge in [-0.05, 0) is 18.6 Å². The number of aryl methyl sites for hydroxylation is 1. The molecule has 3 aromatic rings. The second-order valence-corrected chi connectivity index (χ2v) is 5.21. The zero-order valence-electron chi connectivity index (χ0n) is 10.9. The number of nitrogens with two attached hydrogens (primary N) is 1. The molecule has 0 amide bonds. The molecule has 0 saturated heterocycles. The molecule has 0 aliphatic heterocycles. The van der Waals surface area contributed by atoms with Gasteiger partial charge in [-0.2, -0.15) is 0 Å². The van der Waals surface area contributed by atoms with Crippen LogP contribution >= 0.6 is 11.6 Å². The smallest absolute Gasteiger partial charge is 0.201 e. The normalized spacial score (nSPS) is 11.2. The summed E-state index contributed by atoms with van der Waals surface area (Å²) in [6, 6.07) is 10.9. The number of aromatic nitrogens is 2. The van der Waals surface area contributed by atoms with Crippen LogP contribution in [-0.2, 0) is 6.54 Å². The van der Waals surface area contributed by atoms with Crippen molar-refractivity contribution < 1.29 is 4.39 Å². The van der Waals surface area contributed by atoms with Crippen molar-refractivity contribution in [3.05, 3.63) is 58.4 Å². The van der Waals surface area contributed by atoms with Crippen LogP contribution in [0, 0.1) is 12.7 Å². The minimum absolute atomic E-state index is 0.0534. The van der Waals surface area contributed by atoms with E-state index in [4.69, 9.17) is 17.3 Å². The molecule has 5 heteroatoms. The maximum Gasteiger partial charge on any atom is 0.201 e. The van der Waals surface area contributed by atoms with Gasteiger partial charge in [0.1, 0.15) is 5.82 Å². The predicted octanol–water partition coefficient (Wildman–Crippen LogP) is 3.77. The van der Waals surface area contributed by atoms with Crippen LogP contribution in [-0.4, -0.2) is 9.55 Å². The number of benzene rings is 2. The van der Waals surface area contributed by atoms with E-state index in [1.807, 2.05) is 25.1 Å². The van der Waals surface area contributed by atoms with Crippen molar-refractivity contribution in [3.8, 4) is 0 Å². The number of anilines is 1. The number of fused-ring (bicyclic) bond motifs is 1. The first kappa shape index (κ1) is 12.9. The van der Waals surface area contributed by atoms with E-state index in [-0.39, 0.29) is 5.02 Å². The standard InChI is InChI=1S/C15H13ClFN3/c1-9-3-2-4-10(5-9)8-20-14-7-12(17)11(16)6-13(14)19-15(20)18/h2-7H,8H2,1H3,(H2,18,19). The van der Waals surface area contributed by atoms with E-state index >= 15 is 0 Å². The first-order valence-electron chi connectivity index (χ1n) is 6.21. The molecule has 0 saturated carbocycles. The molecule has 1 aromatic heterocycles. The van der Waals surface area contributed by atoms with Gasteiger partial charge in [0, 0.05) is 6.07 Å². The highest BCUT2D eigenvalue weighted by atomic mass is 35.5. The van der Waals surface area contributed by atoms with Crippen molar-refractivity contribution in [1.29, 1.82) is 0 Å². The lowest BCUT2D eigenvalue weighted by Gasteiger charge is -2.07. The van der Waals surface area contributed by atoms with Gasteiger partial charge in [-0.1, -0.05) is 41.4 Å². The summed E-state index contributed by atoms with van der Waals surface area (Å²) >= 11 is 5.77. The van der Waals surface area contributed by atoms with E-state index in [0.29, 0.717) is 23.5 Å². The average molecular weight is 290 g/mol. The molecule has 3 rings (SSSR count). The summed E-state index contributed by atoms with van der Waals surface area (Å²) in [5, 5.41) is 0.0534. The molecule has 0 radical (unpaired) electrons. The molecular formula is C15H13ClFN3. The Bertz CT molecular complexity index is 795. The van der Waals surface area contributed by atoms with Gasteiger partial charge in [-0.3, -0.25) is 0 Å². The average Bonchev–Trinajstić information content (AvgIpc) is 2.67. The van der Waals surface area contributed by atoms with Gasteiger partial charge in [0.15, 0.2) is 0 Å². The fraction of sp³-hybridized carbons (Fsp3) is 0.133. The Hall–Kier alpha value is -2.07. The number of rotatable bonds is 2. The molecule has 1 heterocycles. The van der Waals surface area contributed by atoms with Gasteiger partial charge >= 0.3 is 0 Å². The molecule has 3 nitrogen and oxygen atoms in total. The maximum atomic E-state index is 13.6. The maximum absolute atomic E-state index is 13.6. The van der Waals surface area contributed by atoms with Crippen molar-refractivity contribution >= 4 is 28.6 Å². The summed E-state index contributed by atoms with van der Waals surface area (Å²) in [6.45, 7) is 2.57. The summed E-state index contributed by atoms with van der Waals surface area (Å²) in [7, 11) is 0. The second kappa shape index (κ2) is 4.80.